The fraction of sp³-hybridized carbons (Fsp3) is 0.421. The van der Waals surface area contributed by atoms with Gasteiger partial charge in [-0.25, -0.2) is 0 Å². The highest BCUT2D eigenvalue weighted by molar-refractivity contribution is 5.36. The van der Waals surface area contributed by atoms with Gasteiger partial charge >= 0.3 is 6.18 Å². The van der Waals surface area contributed by atoms with Crippen molar-refractivity contribution in [2.24, 2.45) is 0 Å². The van der Waals surface area contributed by atoms with E-state index in [2.05, 4.69) is 4.98 Å². The molecule has 0 radical (unpaired) electrons. The van der Waals surface area contributed by atoms with Crippen LogP contribution in [0.2, 0.25) is 0 Å². The molecule has 0 aliphatic carbocycles. The predicted octanol–water partition coefficient (Wildman–Crippen LogP) is 4.99. The Hall–Kier alpha value is -2.08. The summed E-state index contributed by atoms with van der Waals surface area (Å²) in [5.41, 5.74) is 0.0785. The quantitative estimate of drug-likeness (QED) is 0.685. The van der Waals surface area contributed by atoms with Crippen LogP contribution in [0.3, 0.4) is 0 Å². The van der Waals surface area contributed by atoms with Crippen LogP contribution in [-0.4, -0.2) is 18.2 Å². The molecule has 6 heteroatoms. The van der Waals surface area contributed by atoms with Gasteiger partial charge in [0.25, 0.3) is 0 Å². The number of alkyl halides is 3. The van der Waals surface area contributed by atoms with E-state index >= 15 is 0 Å². The number of benzene rings is 1. The molecular weight excluding hydrogens is 331 g/mol. The van der Waals surface area contributed by atoms with E-state index in [-0.39, 0.29) is 19.0 Å². The van der Waals surface area contributed by atoms with Gasteiger partial charge in [0, 0.05) is 11.1 Å². The van der Waals surface area contributed by atoms with Crippen molar-refractivity contribution in [2.75, 3.05) is 13.2 Å². The van der Waals surface area contributed by atoms with Crippen molar-refractivity contribution in [1.82, 2.24) is 4.98 Å². The number of hydrogen-bond acceptors (Lipinski definition) is 3. The average Bonchev–Trinajstić information content (AvgIpc) is 2.53. The second-order valence-corrected chi connectivity index (χ2v) is 6.70. The number of halogens is 3. The van der Waals surface area contributed by atoms with Crippen LogP contribution in [0.25, 0.3) is 0 Å². The maximum atomic E-state index is 13.3. The number of aromatic nitrogens is 1. The number of hydrogen-bond donors (Lipinski definition) is 0. The van der Waals surface area contributed by atoms with E-state index in [1.807, 2.05) is 51.1 Å². The van der Waals surface area contributed by atoms with Gasteiger partial charge in [-0.2, -0.15) is 13.2 Å². The Balaban J connectivity index is 1.96. The molecular formula is C19H22F3NO2. The van der Waals surface area contributed by atoms with Crippen LogP contribution in [0.5, 0.6) is 5.75 Å². The standard InChI is InChI=1S/C19H22F3NO2/c1-18(2,3)17-11-15(19(20,21)22)16(12-23-17)25-10-9-24-13-14-7-5-4-6-8-14/h4-8,11-12H,9-10,13H2,1-3H3. The zero-order valence-electron chi connectivity index (χ0n) is 14.6. The molecule has 0 fully saturated rings. The zero-order valence-corrected chi connectivity index (χ0v) is 14.6. The maximum Gasteiger partial charge on any atom is 0.420 e. The van der Waals surface area contributed by atoms with Crippen molar-refractivity contribution in [3.8, 4) is 5.75 Å². The Kier molecular flexibility index (Phi) is 6.06. The SMILES string of the molecule is CC(C)(C)c1cc(C(F)(F)F)c(OCCOCc2ccccc2)cn1. The molecule has 0 unspecified atom stereocenters. The summed E-state index contributed by atoms with van der Waals surface area (Å²) in [6.45, 7) is 6.03. The second kappa shape index (κ2) is 7.87. The topological polar surface area (TPSA) is 31.4 Å². The van der Waals surface area contributed by atoms with Crippen LogP contribution in [0.4, 0.5) is 13.2 Å². The molecule has 2 rings (SSSR count). The van der Waals surface area contributed by atoms with Gasteiger partial charge in [0.2, 0.25) is 0 Å². The van der Waals surface area contributed by atoms with Gasteiger partial charge in [-0.1, -0.05) is 51.1 Å². The summed E-state index contributed by atoms with van der Waals surface area (Å²) in [5.74, 6) is -0.274. The molecule has 0 aliphatic heterocycles. The van der Waals surface area contributed by atoms with Gasteiger partial charge in [-0.3, -0.25) is 4.98 Å². The summed E-state index contributed by atoms with van der Waals surface area (Å²) in [6.07, 6.45) is -3.36. The van der Waals surface area contributed by atoms with E-state index in [0.29, 0.717) is 12.3 Å². The summed E-state index contributed by atoms with van der Waals surface area (Å²) in [5, 5.41) is 0. The molecule has 1 heterocycles. The van der Waals surface area contributed by atoms with Crippen LogP contribution in [0, 0.1) is 0 Å². The van der Waals surface area contributed by atoms with Crippen molar-refractivity contribution in [1.29, 1.82) is 0 Å². The second-order valence-electron chi connectivity index (χ2n) is 6.70. The largest absolute Gasteiger partial charge is 0.489 e. The first-order valence-corrected chi connectivity index (χ1v) is 8.00. The lowest BCUT2D eigenvalue weighted by molar-refractivity contribution is -0.139. The molecule has 0 N–H and O–H groups in total. The van der Waals surface area contributed by atoms with E-state index in [1.54, 1.807) is 0 Å². The molecule has 1 aromatic heterocycles. The van der Waals surface area contributed by atoms with E-state index in [0.717, 1.165) is 17.8 Å². The minimum Gasteiger partial charge on any atom is -0.489 e. The van der Waals surface area contributed by atoms with Crippen molar-refractivity contribution < 1.29 is 22.6 Å². The molecule has 0 saturated heterocycles. The van der Waals surface area contributed by atoms with Gasteiger partial charge in [-0.05, 0) is 11.6 Å². The Morgan fingerprint density at radius 2 is 1.68 bits per heavy atom. The maximum absolute atomic E-state index is 13.3. The Labute approximate surface area is 145 Å². The van der Waals surface area contributed by atoms with Crippen LogP contribution in [0.15, 0.2) is 42.6 Å². The minimum absolute atomic E-state index is 0.0203. The average molecular weight is 353 g/mol. The third-order valence-electron chi connectivity index (χ3n) is 3.54. The molecule has 0 atom stereocenters. The van der Waals surface area contributed by atoms with Gasteiger partial charge in [0.1, 0.15) is 17.9 Å². The normalized spacial score (nSPS) is 12.2. The van der Waals surface area contributed by atoms with E-state index in [9.17, 15) is 13.2 Å². The molecule has 2 aromatic rings. The zero-order chi connectivity index (χ0) is 18.5. The molecule has 0 bridgehead atoms. The van der Waals surface area contributed by atoms with Crippen LogP contribution >= 0.6 is 0 Å². The number of nitrogens with zero attached hydrogens (tertiary/aromatic N) is 1. The highest BCUT2D eigenvalue weighted by atomic mass is 19.4. The molecule has 0 amide bonds. The fourth-order valence-electron chi connectivity index (χ4n) is 2.16. The first-order valence-electron chi connectivity index (χ1n) is 8.00. The van der Waals surface area contributed by atoms with Gasteiger partial charge in [-0.15, -0.1) is 0 Å². The molecule has 0 spiro atoms. The molecule has 1 aromatic carbocycles. The monoisotopic (exact) mass is 353 g/mol. The number of rotatable bonds is 6. The molecule has 0 aliphatic rings. The van der Waals surface area contributed by atoms with Crippen molar-refractivity contribution in [3.05, 3.63) is 59.4 Å². The molecule has 25 heavy (non-hydrogen) atoms. The Bertz CT molecular complexity index is 679. The van der Waals surface area contributed by atoms with Gasteiger partial charge < -0.3 is 9.47 Å². The summed E-state index contributed by atoms with van der Waals surface area (Å²) < 4.78 is 50.5. The summed E-state index contributed by atoms with van der Waals surface area (Å²) in [4.78, 5) is 4.10. The van der Waals surface area contributed by atoms with Crippen molar-refractivity contribution >= 4 is 0 Å². The first kappa shape index (κ1) is 19.2. The van der Waals surface area contributed by atoms with E-state index < -0.39 is 17.2 Å². The third kappa shape index (κ3) is 5.74. The summed E-state index contributed by atoms with van der Waals surface area (Å²) >= 11 is 0. The van der Waals surface area contributed by atoms with Gasteiger partial charge in [0.15, 0.2) is 0 Å². The highest BCUT2D eigenvalue weighted by Crippen LogP contribution is 2.37. The summed E-state index contributed by atoms with van der Waals surface area (Å²) in [7, 11) is 0. The highest BCUT2D eigenvalue weighted by Gasteiger charge is 2.36. The Morgan fingerprint density at radius 3 is 2.28 bits per heavy atom. The lowest BCUT2D eigenvalue weighted by Crippen LogP contribution is -2.18. The Morgan fingerprint density at radius 1 is 1.00 bits per heavy atom. The number of ether oxygens (including phenoxy) is 2. The number of pyridine rings is 1. The third-order valence-corrected chi connectivity index (χ3v) is 3.54. The molecule has 136 valence electrons. The van der Waals surface area contributed by atoms with Gasteiger partial charge in [0.05, 0.1) is 19.4 Å². The van der Waals surface area contributed by atoms with Crippen LogP contribution < -0.4 is 4.74 Å². The van der Waals surface area contributed by atoms with E-state index in [1.165, 1.54) is 0 Å². The summed E-state index contributed by atoms with van der Waals surface area (Å²) in [6, 6.07) is 10.6. The minimum atomic E-state index is -4.50. The lowest BCUT2D eigenvalue weighted by Gasteiger charge is -2.21. The predicted molar refractivity (Wildman–Crippen MR) is 89.5 cm³/mol. The van der Waals surface area contributed by atoms with E-state index in [4.69, 9.17) is 9.47 Å². The molecule has 3 nitrogen and oxygen atoms in total. The first-order chi connectivity index (χ1) is 11.7. The lowest BCUT2D eigenvalue weighted by atomic mass is 9.90. The van der Waals surface area contributed by atoms with Crippen LogP contribution in [0.1, 0.15) is 37.6 Å². The van der Waals surface area contributed by atoms with Crippen molar-refractivity contribution in [2.45, 2.75) is 39.0 Å². The fourth-order valence-corrected chi connectivity index (χ4v) is 2.16. The van der Waals surface area contributed by atoms with Crippen LogP contribution in [-0.2, 0) is 22.9 Å². The molecule has 0 saturated carbocycles. The van der Waals surface area contributed by atoms with Crippen molar-refractivity contribution in [3.63, 3.8) is 0 Å². The smallest absolute Gasteiger partial charge is 0.420 e.